The molecule has 0 aliphatic rings. The van der Waals surface area contributed by atoms with E-state index >= 15 is 0 Å². The van der Waals surface area contributed by atoms with Crippen molar-refractivity contribution in [2.24, 2.45) is 0 Å². The number of rotatable bonds is 6. The second kappa shape index (κ2) is 7.31. The zero-order valence-corrected chi connectivity index (χ0v) is 13.9. The molecule has 21 heavy (non-hydrogen) atoms. The number of benzene rings is 1. The lowest BCUT2D eigenvalue weighted by atomic mass is 10.1. The van der Waals surface area contributed by atoms with E-state index in [2.05, 4.69) is 4.72 Å². The van der Waals surface area contributed by atoms with Gasteiger partial charge in [-0.2, -0.15) is 0 Å². The molecule has 0 radical (unpaired) electrons. The number of hydrogen-bond donors (Lipinski definition) is 1. The Morgan fingerprint density at radius 2 is 1.95 bits per heavy atom. The molecule has 1 aromatic rings. The standard InChI is InChI=1S/C15H23F2NO2S/c1-10-6-7-12(8-13(10)20-9-14(16)17)11(2)18-21(19)15(3,4)5/h6-8,11,14,18H,9H2,1-5H3. The highest BCUT2D eigenvalue weighted by molar-refractivity contribution is 7.84. The van der Waals surface area contributed by atoms with Crippen molar-refractivity contribution < 1.29 is 17.7 Å². The van der Waals surface area contributed by atoms with Crippen molar-refractivity contribution in [2.75, 3.05) is 6.61 Å². The molecule has 0 aromatic heterocycles. The fraction of sp³-hybridized carbons (Fsp3) is 0.600. The summed E-state index contributed by atoms with van der Waals surface area (Å²) in [5, 5.41) is 0. The van der Waals surface area contributed by atoms with Crippen molar-refractivity contribution in [3.05, 3.63) is 29.3 Å². The minimum Gasteiger partial charge on any atom is -0.487 e. The summed E-state index contributed by atoms with van der Waals surface area (Å²) in [5.74, 6) is 0.433. The Hall–Kier alpha value is -1.01. The van der Waals surface area contributed by atoms with Crippen LogP contribution < -0.4 is 9.46 Å². The molecule has 0 aliphatic carbocycles. The molecule has 2 atom stereocenters. The average Bonchev–Trinajstić information content (AvgIpc) is 2.36. The average molecular weight is 319 g/mol. The first-order valence-electron chi connectivity index (χ1n) is 6.81. The van der Waals surface area contributed by atoms with Gasteiger partial charge in [-0.1, -0.05) is 12.1 Å². The maximum absolute atomic E-state index is 12.2. The summed E-state index contributed by atoms with van der Waals surface area (Å²) in [4.78, 5) is 0. The summed E-state index contributed by atoms with van der Waals surface area (Å²) >= 11 is 0. The first kappa shape index (κ1) is 18.0. The monoisotopic (exact) mass is 319 g/mol. The molecule has 1 aromatic carbocycles. The topological polar surface area (TPSA) is 38.3 Å². The van der Waals surface area contributed by atoms with E-state index in [4.69, 9.17) is 4.74 Å². The number of aryl methyl sites for hydroxylation is 1. The predicted molar refractivity (Wildman–Crippen MR) is 82.1 cm³/mol. The van der Waals surface area contributed by atoms with Crippen molar-refractivity contribution in [1.29, 1.82) is 0 Å². The Balaban J connectivity index is 2.83. The highest BCUT2D eigenvalue weighted by Crippen LogP contribution is 2.25. The van der Waals surface area contributed by atoms with E-state index in [0.717, 1.165) is 11.1 Å². The molecule has 0 amide bonds. The van der Waals surface area contributed by atoms with Gasteiger partial charge in [0.05, 0.1) is 15.7 Å². The second-order valence-electron chi connectivity index (χ2n) is 5.95. The first-order chi connectivity index (χ1) is 9.61. The van der Waals surface area contributed by atoms with Crippen molar-refractivity contribution in [3.8, 4) is 5.75 Å². The molecule has 2 unspecified atom stereocenters. The van der Waals surface area contributed by atoms with E-state index in [1.807, 2.05) is 39.8 Å². The van der Waals surface area contributed by atoms with Gasteiger partial charge in [0, 0.05) is 6.04 Å². The van der Waals surface area contributed by atoms with Gasteiger partial charge in [-0.25, -0.2) is 17.7 Å². The highest BCUT2D eigenvalue weighted by Gasteiger charge is 2.22. The van der Waals surface area contributed by atoms with E-state index in [1.54, 1.807) is 13.0 Å². The highest BCUT2D eigenvalue weighted by atomic mass is 32.2. The zero-order chi connectivity index (χ0) is 16.2. The molecule has 6 heteroatoms. The summed E-state index contributed by atoms with van der Waals surface area (Å²) < 4.78 is 44.3. The Bertz CT molecular complexity index is 501. The second-order valence-corrected chi connectivity index (χ2v) is 7.95. The zero-order valence-electron chi connectivity index (χ0n) is 13.1. The normalized spacial score (nSPS) is 15.0. The SMILES string of the molecule is Cc1ccc(C(C)NS(=O)C(C)(C)C)cc1OCC(F)F. The van der Waals surface area contributed by atoms with Crippen LogP contribution in [0.3, 0.4) is 0 Å². The van der Waals surface area contributed by atoms with Gasteiger partial charge in [-0.15, -0.1) is 0 Å². The van der Waals surface area contributed by atoms with Gasteiger partial charge in [-0.3, -0.25) is 0 Å². The third-order valence-corrected chi connectivity index (χ3v) is 4.60. The molecule has 1 N–H and O–H groups in total. The van der Waals surface area contributed by atoms with Gasteiger partial charge in [0.2, 0.25) is 0 Å². The summed E-state index contributed by atoms with van der Waals surface area (Å²) in [6, 6.07) is 5.24. The lowest BCUT2D eigenvalue weighted by Crippen LogP contribution is -2.34. The van der Waals surface area contributed by atoms with Crippen LogP contribution in [0.25, 0.3) is 0 Å². The number of nitrogens with one attached hydrogen (secondary N) is 1. The summed E-state index contributed by atoms with van der Waals surface area (Å²) in [6.07, 6.45) is -2.50. The Labute approximate surface area is 127 Å². The minimum atomic E-state index is -2.50. The molecule has 0 saturated carbocycles. The predicted octanol–water partition coefficient (Wildman–Crippen LogP) is 3.75. The van der Waals surface area contributed by atoms with Crippen LogP contribution >= 0.6 is 0 Å². The molecule has 0 bridgehead atoms. The third kappa shape index (κ3) is 5.71. The lowest BCUT2D eigenvalue weighted by Gasteiger charge is -2.22. The van der Waals surface area contributed by atoms with E-state index in [1.165, 1.54) is 0 Å². The lowest BCUT2D eigenvalue weighted by molar-refractivity contribution is 0.0815. The molecule has 0 spiro atoms. The first-order valence-corrected chi connectivity index (χ1v) is 7.95. The Morgan fingerprint density at radius 3 is 2.48 bits per heavy atom. The summed E-state index contributed by atoms with van der Waals surface area (Å²) in [6.45, 7) is 8.71. The van der Waals surface area contributed by atoms with Gasteiger partial charge in [-0.05, 0) is 51.8 Å². The Kier molecular flexibility index (Phi) is 6.28. The van der Waals surface area contributed by atoms with Gasteiger partial charge in [0.1, 0.15) is 12.4 Å². The molecular formula is C15H23F2NO2S. The van der Waals surface area contributed by atoms with Gasteiger partial charge in [0.15, 0.2) is 0 Å². The van der Waals surface area contributed by atoms with Crippen molar-refractivity contribution >= 4 is 11.0 Å². The van der Waals surface area contributed by atoms with Crippen LogP contribution in [0, 0.1) is 6.92 Å². The van der Waals surface area contributed by atoms with E-state index in [0.29, 0.717) is 5.75 Å². The van der Waals surface area contributed by atoms with Gasteiger partial charge < -0.3 is 4.74 Å². The summed E-state index contributed by atoms with van der Waals surface area (Å²) in [7, 11) is -1.20. The summed E-state index contributed by atoms with van der Waals surface area (Å²) in [5.41, 5.74) is 1.64. The fourth-order valence-corrected chi connectivity index (χ4v) is 2.41. The number of halogens is 2. The largest absolute Gasteiger partial charge is 0.487 e. The maximum atomic E-state index is 12.2. The molecule has 0 aliphatic heterocycles. The number of hydrogen-bond acceptors (Lipinski definition) is 2. The van der Waals surface area contributed by atoms with Crippen LogP contribution in [0.15, 0.2) is 18.2 Å². The van der Waals surface area contributed by atoms with E-state index < -0.39 is 24.0 Å². The van der Waals surface area contributed by atoms with E-state index in [9.17, 15) is 13.0 Å². The van der Waals surface area contributed by atoms with Crippen molar-refractivity contribution in [2.45, 2.75) is 51.8 Å². The molecular weight excluding hydrogens is 296 g/mol. The number of alkyl halides is 2. The molecule has 0 fully saturated rings. The van der Waals surface area contributed by atoms with Crippen LogP contribution in [-0.2, 0) is 11.0 Å². The third-order valence-electron chi connectivity index (χ3n) is 2.92. The molecule has 0 heterocycles. The maximum Gasteiger partial charge on any atom is 0.272 e. The van der Waals surface area contributed by atoms with Crippen LogP contribution in [0.1, 0.15) is 44.9 Å². The quantitative estimate of drug-likeness (QED) is 0.867. The number of ether oxygens (including phenoxy) is 1. The van der Waals surface area contributed by atoms with E-state index in [-0.39, 0.29) is 10.8 Å². The molecule has 120 valence electrons. The fourth-order valence-electron chi connectivity index (χ4n) is 1.60. The van der Waals surface area contributed by atoms with Crippen LogP contribution in [0.5, 0.6) is 5.75 Å². The van der Waals surface area contributed by atoms with Gasteiger partial charge >= 0.3 is 0 Å². The van der Waals surface area contributed by atoms with Crippen LogP contribution in [-0.4, -0.2) is 22.0 Å². The van der Waals surface area contributed by atoms with Crippen LogP contribution in [0.2, 0.25) is 0 Å². The Morgan fingerprint density at radius 1 is 1.33 bits per heavy atom. The molecule has 3 nitrogen and oxygen atoms in total. The van der Waals surface area contributed by atoms with Crippen LogP contribution in [0.4, 0.5) is 8.78 Å². The minimum absolute atomic E-state index is 0.167. The smallest absolute Gasteiger partial charge is 0.272 e. The molecule has 1 rings (SSSR count). The van der Waals surface area contributed by atoms with Crippen molar-refractivity contribution in [1.82, 2.24) is 4.72 Å². The van der Waals surface area contributed by atoms with Gasteiger partial charge in [0.25, 0.3) is 6.43 Å². The molecule has 0 saturated heterocycles. The van der Waals surface area contributed by atoms with Crippen molar-refractivity contribution in [3.63, 3.8) is 0 Å².